The molecule has 1 amide bonds. The van der Waals surface area contributed by atoms with E-state index >= 15 is 0 Å². The maximum atomic E-state index is 12.4. The maximum absolute atomic E-state index is 12.4. The molecule has 0 fully saturated rings. The van der Waals surface area contributed by atoms with Gasteiger partial charge in [0.05, 0.1) is 6.54 Å². The van der Waals surface area contributed by atoms with Crippen LogP contribution in [-0.4, -0.2) is 56.7 Å². The molecule has 0 aliphatic rings. The highest BCUT2D eigenvalue weighted by Gasteiger charge is 2.31. The molecule has 0 aliphatic carbocycles. The lowest BCUT2D eigenvalue weighted by atomic mass is 9.92. The van der Waals surface area contributed by atoms with E-state index in [0.717, 1.165) is 19.0 Å². The molecule has 2 N–H and O–H groups in total. The molecule has 0 radical (unpaired) electrons. The summed E-state index contributed by atoms with van der Waals surface area (Å²) < 4.78 is 37.3. The SMILES string of the molecule is CN=C(NCC(=O)N(C)CC(F)(F)F)NCC(Cc1ccccc1)c1ccccc1. The van der Waals surface area contributed by atoms with E-state index in [1.54, 1.807) is 7.05 Å². The van der Waals surface area contributed by atoms with Crippen molar-refractivity contribution >= 4 is 11.9 Å². The summed E-state index contributed by atoms with van der Waals surface area (Å²) in [6.07, 6.45) is -3.62. The summed E-state index contributed by atoms with van der Waals surface area (Å²) in [7, 11) is 2.67. The van der Waals surface area contributed by atoms with E-state index in [-0.39, 0.29) is 12.5 Å². The number of guanidine groups is 1. The summed E-state index contributed by atoms with van der Waals surface area (Å²) in [5.41, 5.74) is 2.35. The Kier molecular flexibility index (Phi) is 8.70. The number of hydrogen-bond acceptors (Lipinski definition) is 2. The lowest BCUT2D eigenvalue weighted by molar-refractivity contribution is -0.157. The van der Waals surface area contributed by atoms with Gasteiger partial charge in [-0.2, -0.15) is 13.2 Å². The average molecular weight is 420 g/mol. The molecule has 0 saturated heterocycles. The minimum Gasteiger partial charge on any atom is -0.356 e. The molecule has 0 aromatic heterocycles. The van der Waals surface area contributed by atoms with Gasteiger partial charge in [0.25, 0.3) is 0 Å². The first kappa shape index (κ1) is 23.3. The number of rotatable bonds is 8. The van der Waals surface area contributed by atoms with Gasteiger partial charge in [0, 0.05) is 26.6 Å². The van der Waals surface area contributed by atoms with Crippen LogP contribution in [0.2, 0.25) is 0 Å². The second-order valence-corrected chi connectivity index (χ2v) is 6.97. The Bertz CT molecular complexity index is 810. The highest BCUT2D eigenvalue weighted by atomic mass is 19.4. The first-order valence-corrected chi connectivity index (χ1v) is 9.62. The molecule has 0 aliphatic heterocycles. The third kappa shape index (κ3) is 8.14. The second-order valence-electron chi connectivity index (χ2n) is 6.97. The van der Waals surface area contributed by atoms with Gasteiger partial charge in [-0.1, -0.05) is 60.7 Å². The van der Waals surface area contributed by atoms with Crippen molar-refractivity contribution in [1.29, 1.82) is 0 Å². The normalized spacial score (nSPS) is 12.9. The lowest BCUT2D eigenvalue weighted by Gasteiger charge is -2.22. The minimum absolute atomic E-state index is 0.149. The van der Waals surface area contributed by atoms with Crippen molar-refractivity contribution in [3.05, 3.63) is 71.8 Å². The van der Waals surface area contributed by atoms with Crippen LogP contribution in [0.3, 0.4) is 0 Å². The Morgan fingerprint density at radius 1 is 1.03 bits per heavy atom. The van der Waals surface area contributed by atoms with Crippen molar-refractivity contribution in [2.75, 3.05) is 33.7 Å². The molecule has 0 heterocycles. The molecular formula is C22H27F3N4O. The fourth-order valence-corrected chi connectivity index (χ4v) is 3.02. The first-order valence-electron chi connectivity index (χ1n) is 9.62. The standard InChI is InChI=1S/C22H27F3N4O/c1-26-21(28-15-20(30)29(2)16-22(23,24)25)27-14-19(18-11-7-4-8-12-18)13-17-9-5-3-6-10-17/h3-12,19H,13-16H2,1-2H3,(H2,26,27,28). The number of nitrogens with zero attached hydrogens (tertiary/aromatic N) is 2. The number of aliphatic imine (C=N–C) groups is 1. The highest BCUT2D eigenvalue weighted by molar-refractivity contribution is 5.86. The van der Waals surface area contributed by atoms with Crippen LogP contribution >= 0.6 is 0 Å². The zero-order chi connectivity index (χ0) is 22.0. The highest BCUT2D eigenvalue weighted by Crippen LogP contribution is 2.20. The molecule has 0 saturated carbocycles. The molecule has 30 heavy (non-hydrogen) atoms. The molecule has 5 nitrogen and oxygen atoms in total. The average Bonchev–Trinajstić information content (AvgIpc) is 2.72. The van der Waals surface area contributed by atoms with E-state index in [2.05, 4.69) is 39.9 Å². The summed E-state index contributed by atoms with van der Waals surface area (Å²) in [4.78, 5) is 16.6. The zero-order valence-corrected chi connectivity index (χ0v) is 17.1. The summed E-state index contributed by atoms with van der Waals surface area (Å²) in [6.45, 7) is -1.02. The summed E-state index contributed by atoms with van der Waals surface area (Å²) in [5, 5.41) is 5.96. The van der Waals surface area contributed by atoms with E-state index < -0.39 is 18.6 Å². The van der Waals surface area contributed by atoms with Gasteiger partial charge in [-0.3, -0.25) is 9.79 Å². The number of amides is 1. The van der Waals surface area contributed by atoms with Crippen molar-refractivity contribution in [3.63, 3.8) is 0 Å². The van der Waals surface area contributed by atoms with Crippen LogP contribution in [0.25, 0.3) is 0 Å². The van der Waals surface area contributed by atoms with Crippen LogP contribution in [0.15, 0.2) is 65.7 Å². The van der Waals surface area contributed by atoms with Crippen molar-refractivity contribution in [3.8, 4) is 0 Å². The summed E-state index contributed by atoms with van der Waals surface area (Å²) in [5.74, 6) is -0.160. The zero-order valence-electron chi connectivity index (χ0n) is 17.1. The van der Waals surface area contributed by atoms with E-state index in [0.29, 0.717) is 17.4 Å². The Morgan fingerprint density at radius 2 is 1.63 bits per heavy atom. The Balaban J connectivity index is 1.95. The van der Waals surface area contributed by atoms with E-state index in [9.17, 15) is 18.0 Å². The predicted molar refractivity (Wildman–Crippen MR) is 112 cm³/mol. The van der Waals surface area contributed by atoms with Crippen LogP contribution in [0.1, 0.15) is 17.0 Å². The Labute approximate surface area is 175 Å². The molecule has 2 rings (SSSR count). The molecular weight excluding hydrogens is 393 g/mol. The van der Waals surface area contributed by atoms with E-state index in [4.69, 9.17) is 0 Å². The smallest absolute Gasteiger partial charge is 0.356 e. The van der Waals surface area contributed by atoms with Crippen LogP contribution in [0.4, 0.5) is 13.2 Å². The molecule has 2 aromatic rings. The fourth-order valence-electron chi connectivity index (χ4n) is 3.02. The Morgan fingerprint density at radius 3 is 2.20 bits per heavy atom. The molecule has 162 valence electrons. The number of benzene rings is 2. The molecule has 0 bridgehead atoms. The molecule has 1 unspecified atom stereocenters. The molecule has 0 spiro atoms. The van der Waals surface area contributed by atoms with Crippen molar-refractivity contribution in [2.24, 2.45) is 4.99 Å². The topological polar surface area (TPSA) is 56.7 Å². The Hall–Kier alpha value is -3.03. The van der Waals surface area contributed by atoms with Crippen molar-refractivity contribution in [2.45, 2.75) is 18.5 Å². The number of alkyl halides is 3. The lowest BCUT2D eigenvalue weighted by Crippen LogP contribution is -2.46. The molecule has 2 aromatic carbocycles. The first-order chi connectivity index (χ1) is 14.3. The van der Waals surface area contributed by atoms with Crippen molar-refractivity contribution < 1.29 is 18.0 Å². The summed E-state index contributed by atoms with van der Waals surface area (Å²) >= 11 is 0. The van der Waals surface area contributed by atoms with Gasteiger partial charge in [0.1, 0.15) is 6.54 Å². The number of halogens is 3. The largest absolute Gasteiger partial charge is 0.406 e. The number of likely N-dealkylation sites (N-methyl/N-ethyl adjacent to an activating group) is 1. The molecule has 8 heteroatoms. The number of nitrogens with one attached hydrogen (secondary N) is 2. The third-order valence-corrected chi connectivity index (χ3v) is 4.58. The van der Waals surface area contributed by atoms with E-state index in [1.807, 2.05) is 36.4 Å². The van der Waals surface area contributed by atoms with Gasteiger partial charge in [-0.25, -0.2) is 0 Å². The second kappa shape index (κ2) is 11.2. The van der Waals surface area contributed by atoms with Gasteiger partial charge in [0.2, 0.25) is 5.91 Å². The maximum Gasteiger partial charge on any atom is 0.406 e. The van der Waals surface area contributed by atoms with Crippen LogP contribution in [-0.2, 0) is 11.2 Å². The van der Waals surface area contributed by atoms with Gasteiger partial charge < -0.3 is 15.5 Å². The van der Waals surface area contributed by atoms with Crippen LogP contribution in [0, 0.1) is 0 Å². The molecule has 1 atom stereocenters. The number of hydrogen-bond donors (Lipinski definition) is 2. The summed E-state index contributed by atoms with van der Waals surface area (Å²) in [6, 6.07) is 20.1. The van der Waals surface area contributed by atoms with Crippen molar-refractivity contribution in [1.82, 2.24) is 15.5 Å². The van der Waals surface area contributed by atoms with Gasteiger partial charge in [0.15, 0.2) is 5.96 Å². The quantitative estimate of drug-likeness (QED) is 0.509. The van der Waals surface area contributed by atoms with Gasteiger partial charge in [-0.15, -0.1) is 0 Å². The van der Waals surface area contributed by atoms with Crippen LogP contribution in [0.5, 0.6) is 0 Å². The fraction of sp³-hybridized carbons (Fsp3) is 0.364. The minimum atomic E-state index is -4.43. The number of carbonyl (C=O) groups is 1. The number of carbonyl (C=O) groups excluding carboxylic acids is 1. The van der Waals surface area contributed by atoms with Gasteiger partial charge >= 0.3 is 6.18 Å². The monoisotopic (exact) mass is 420 g/mol. The third-order valence-electron chi connectivity index (χ3n) is 4.58. The van der Waals surface area contributed by atoms with Crippen LogP contribution < -0.4 is 10.6 Å². The van der Waals surface area contributed by atoms with Gasteiger partial charge in [-0.05, 0) is 17.5 Å². The van der Waals surface area contributed by atoms with E-state index in [1.165, 1.54) is 5.56 Å². The predicted octanol–water partition coefficient (Wildman–Crippen LogP) is 3.20.